The molecule has 1 atom stereocenters. The van der Waals surface area contributed by atoms with E-state index in [2.05, 4.69) is 20.9 Å². The summed E-state index contributed by atoms with van der Waals surface area (Å²) in [6.07, 6.45) is 3.14. The van der Waals surface area contributed by atoms with Gasteiger partial charge in [-0.3, -0.25) is 14.4 Å². The summed E-state index contributed by atoms with van der Waals surface area (Å²) in [5.41, 5.74) is 1.51. The number of benzene rings is 2. The number of carbonyl (C=O) groups excluding carboxylic acids is 2. The number of anilines is 1. The highest BCUT2D eigenvalue weighted by Crippen LogP contribution is 2.24. The SMILES string of the molecule is CC(C)(NC(=O)CCCCNc1ccccn1)C(=O)NC(CC(=O)O)c1ccc(-c2ccccc2)cc1. The minimum atomic E-state index is -1.20. The summed E-state index contributed by atoms with van der Waals surface area (Å²) in [5, 5.41) is 18.2. The van der Waals surface area contributed by atoms with Gasteiger partial charge in [0.15, 0.2) is 0 Å². The molecule has 0 aliphatic heterocycles. The molecule has 2 amide bonds. The predicted molar refractivity (Wildman–Crippen MR) is 144 cm³/mol. The lowest BCUT2D eigenvalue weighted by atomic mass is 9.97. The van der Waals surface area contributed by atoms with E-state index < -0.39 is 23.5 Å². The van der Waals surface area contributed by atoms with Crippen molar-refractivity contribution in [3.8, 4) is 11.1 Å². The first kappa shape index (κ1) is 27.4. The van der Waals surface area contributed by atoms with Crippen LogP contribution >= 0.6 is 0 Å². The van der Waals surface area contributed by atoms with E-state index in [1.807, 2.05) is 72.8 Å². The van der Waals surface area contributed by atoms with Gasteiger partial charge in [-0.1, -0.05) is 60.7 Å². The second kappa shape index (κ2) is 13.2. The molecule has 1 unspecified atom stereocenters. The zero-order chi connectivity index (χ0) is 26.7. The number of unbranched alkanes of at least 4 members (excludes halogenated alkanes) is 1. The average Bonchev–Trinajstić information content (AvgIpc) is 2.89. The number of amides is 2. The first-order valence-electron chi connectivity index (χ1n) is 12.4. The second-order valence-corrected chi connectivity index (χ2v) is 9.38. The number of hydrogen-bond acceptors (Lipinski definition) is 5. The third-order valence-electron chi connectivity index (χ3n) is 5.93. The van der Waals surface area contributed by atoms with E-state index in [4.69, 9.17) is 0 Å². The minimum Gasteiger partial charge on any atom is -0.481 e. The van der Waals surface area contributed by atoms with Crippen molar-refractivity contribution in [2.24, 2.45) is 0 Å². The molecule has 0 saturated heterocycles. The number of carboxylic acid groups (broad SMARTS) is 1. The standard InChI is InChI=1S/C29H34N4O4/c1-29(2,33-26(34)13-7-9-19-31-25-12-6-8-18-30-25)28(37)32-24(20-27(35)36)23-16-14-22(15-17-23)21-10-4-3-5-11-21/h3-6,8,10-12,14-18,24H,7,9,13,19-20H2,1-2H3,(H,30,31)(H,32,37)(H,33,34)(H,35,36). The molecule has 0 spiro atoms. The smallest absolute Gasteiger partial charge is 0.305 e. The lowest BCUT2D eigenvalue weighted by Gasteiger charge is -2.28. The number of nitrogens with one attached hydrogen (secondary N) is 3. The fraction of sp³-hybridized carbons (Fsp3) is 0.310. The minimum absolute atomic E-state index is 0.236. The Balaban J connectivity index is 1.52. The molecule has 4 N–H and O–H groups in total. The number of pyridine rings is 1. The van der Waals surface area contributed by atoms with Gasteiger partial charge < -0.3 is 21.1 Å². The Hall–Kier alpha value is -4.20. The van der Waals surface area contributed by atoms with E-state index in [1.165, 1.54) is 0 Å². The maximum atomic E-state index is 13.1. The summed E-state index contributed by atoms with van der Waals surface area (Å²) in [4.78, 5) is 41.2. The molecular formula is C29H34N4O4. The van der Waals surface area contributed by atoms with Gasteiger partial charge in [-0.2, -0.15) is 0 Å². The largest absolute Gasteiger partial charge is 0.481 e. The summed E-state index contributed by atoms with van der Waals surface area (Å²) in [7, 11) is 0. The van der Waals surface area contributed by atoms with E-state index in [9.17, 15) is 19.5 Å². The van der Waals surface area contributed by atoms with Crippen molar-refractivity contribution < 1.29 is 19.5 Å². The average molecular weight is 503 g/mol. The molecule has 0 fully saturated rings. The van der Waals surface area contributed by atoms with Gasteiger partial charge in [0, 0.05) is 19.2 Å². The highest BCUT2D eigenvalue weighted by molar-refractivity contribution is 5.91. The van der Waals surface area contributed by atoms with Crippen LogP contribution in [0, 0.1) is 0 Å². The molecule has 8 heteroatoms. The lowest BCUT2D eigenvalue weighted by Crippen LogP contribution is -2.55. The normalized spacial score (nSPS) is 11.8. The van der Waals surface area contributed by atoms with E-state index in [0.29, 0.717) is 18.5 Å². The van der Waals surface area contributed by atoms with Crippen molar-refractivity contribution in [2.45, 2.75) is 51.1 Å². The molecule has 1 aromatic heterocycles. The van der Waals surface area contributed by atoms with Crippen LogP contribution in [-0.2, 0) is 14.4 Å². The van der Waals surface area contributed by atoms with Crippen molar-refractivity contribution in [1.82, 2.24) is 15.6 Å². The highest BCUT2D eigenvalue weighted by atomic mass is 16.4. The summed E-state index contributed by atoms with van der Waals surface area (Å²) in [5.74, 6) is -0.926. The van der Waals surface area contributed by atoms with Crippen LogP contribution in [0.2, 0.25) is 0 Å². The van der Waals surface area contributed by atoms with E-state index in [1.54, 1.807) is 20.0 Å². The number of hydrogen-bond donors (Lipinski definition) is 4. The van der Waals surface area contributed by atoms with Crippen molar-refractivity contribution >= 4 is 23.6 Å². The summed E-state index contributed by atoms with van der Waals surface area (Å²) < 4.78 is 0. The van der Waals surface area contributed by atoms with E-state index >= 15 is 0 Å². The van der Waals surface area contributed by atoms with Gasteiger partial charge in [0.05, 0.1) is 12.5 Å². The third-order valence-corrected chi connectivity index (χ3v) is 5.93. The number of rotatable bonds is 13. The highest BCUT2D eigenvalue weighted by Gasteiger charge is 2.31. The van der Waals surface area contributed by atoms with Crippen LogP contribution in [0.5, 0.6) is 0 Å². The fourth-order valence-electron chi connectivity index (χ4n) is 3.87. The van der Waals surface area contributed by atoms with Crippen molar-refractivity contribution in [3.63, 3.8) is 0 Å². The molecule has 0 radical (unpaired) electrons. The number of nitrogens with zero attached hydrogens (tertiary/aromatic N) is 1. The Labute approximate surface area is 217 Å². The van der Waals surface area contributed by atoms with Gasteiger partial charge in [-0.25, -0.2) is 4.98 Å². The zero-order valence-corrected chi connectivity index (χ0v) is 21.2. The Kier molecular flexibility index (Phi) is 9.77. The third kappa shape index (κ3) is 8.75. The quantitative estimate of drug-likeness (QED) is 0.254. The van der Waals surface area contributed by atoms with Crippen molar-refractivity contribution in [1.29, 1.82) is 0 Å². The molecule has 194 valence electrons. The first-order valence-corrected chi connectivity index (χ1v) is 12.4. The molecule has 1 heterocycles. The summed E-state index contributed by atoms with van der Waals surface area (Å²) in [6, 6.07) is 22.2. The van der Waals surface area contributed by atoms with Crippen LogP contribution < -0.4 is 16.0 Å². The Morgan fingerprint density at radius 1 is 0.892 bits per heavy atom. The van der Waals surface area contributed by atoms with Gasteiger partial charge in [0.1, 0.15) is 11.4 Å². The Bertz CT molecular complexity index is 1170. The number of aromatic nitrogens is 1. The monoisotopic (exact) mass is 502 g/mol. The molecule has 3 rings (SSSR count). The van der Waals surface area contributed by atoms with E-state index in [0.717, 1.165) is 23.4 Å². The van der Waals surface area contributed by atoms with Gasteiger partial charge in [0.2, 0.25) is 11.8 Å². The molecule has 0 aliphatic rings. The second-order valence-electron chi connectivity index (χ2n) is 9.38. The summed E-state index contributed by atoms with van der Waals surface area (Å²) >= 11 is 0. The van der Waals surface area contributed by atoms with Crippen LogP contribution in [0.4, 0.5) is 5.82 Å². The molecule has 0 saturated carbocycles. The van der Waals surface area contributed by atoms with Gasteiger partial charge in [-0.15, -0.1) is 0 Å². The molecule has 8 nitrogen and oxygen atoms in total. The van der Waals surface area contributed by atoms with Crippen LogP contribution in [0.25, 0.3) is 11.1 Å². The van der Waals surface area contributed by atoms with Crippen LogP contribution in [0.1, 0.15) is 51.1 Å². The Morgan fingerprint density at radius 2 is 1.57 bits per heavy atom. The molecule has 37 heavy (non-hydrogen) atoms. The fourth-order valence-corrected chi connectivity index (χ4v) is 3.87. The molecule has 3 aromatic rings. The maximum Gasteiger partial charge on any atom is 0.305 e. The van der Waals surface area contributed by atoms with E-state index in [-0.39, 0.29) is 18.7 Å². The lowest BCUT2D eigenvalue weighted by molar-refractivity contribution is -0.138. The first-order chi connectivity index (χ1) is 17.7. The van der Waals surface area contributed by atoms with Gasteiger partial charge in [-0.05, 0) is 55.5 Å². The van der Waals surface area contributed by atoms with Gasteiger partial charge >= 0.3 is 5.97 Å². The predicted octanol–water partition coefficient (Wildman–Crippen LogP) is 4.56. The van der Waals surface area contributed by atoms with Crippen LogP contribution in [0.15, 0.2) is 79.0 Å². The van der Waals surface area contributed by atoms with Crippen molar-refractivity contribution in [2.75, 3.05) is 11.9 Å². The van der Waals surface area contributed by atoms with Crippen molar-refractivity contribution in [3.05, 3.63) is 84.6 Å². The topological polar surface area (TPSA) is 120 Å². The van der Waals surface area contributed by atoms with Gasteiger partial charge in [0.25, 0.3) is 0 Å². The number of aliphatic carboxylic acids is 1. The zero-order valence-electron chi connectivity index (χ0n) is 21.2. The molecular weight excluding hydrogens is 468 g/mol. The molecule has 0 aliphatic carbocycles. The number of carboxylic acids is 1. The summed E-state index contributed by atoms with van der Waals surface area (Å²) in [6.45, 7) is 3.91. The molecule has 0 bridgehead atoms. The Morgan fingerprint density at radius 3 is 2.22 bits per heavy atom. The van der Waals surface area contributed by atoms with Crippen LogP contribution in [-0.4, -0.2) is 40.0 Å². The van der Waals surface area contributed by atoms with Crippen LogP contribution in [0.3, 0.4) is 0 Å². The maximum absolute atomic E-state index is 13.1. The number of carbonyl (C=O) groups is 3. The molecule has 2 aromatic carbocycles.